The Balaban J connectivity index is 1.68. The SMILES string of the molecule is Cc1ccc([C@@]2(c3ccncc3)[C@@H]3C(=O)N(c4cc(Cl)cc(Cl)c4)C(=O)[C@@]32C)cc1. The van der Waals surface area contributed by atoms with Crippen molar-refractivity contribution < 1.29 is 9.59 Å². The topological polar surface area (TPSA) is 50.3 Å². The lowest BCUT2D eigenvalue weighted by atomic mass is 9.79. The van der Waals surface area contributed by atoms with Crippen LogP contribution in [0.15, 0.2) is 67.0 Å². The van der Waals surface area contributed by atoms with Gasteiger partial charge in [0, 0.05) is 27.9 Å². The maximum Gasteiger partial charge on any atom is 0.241 e. The van der Waals surface area contributed by atoms with Crippen LogP contribution in [-0.4, -0.2) is 16.8 Å². The molecular formula is C24H18Cl2N2O2. The highest BCUT2D eigenvalue weighted by Crippen LogP contribution is 2.76. The molecule has 2 aliphatic rings. The Morgan fingerprint density at radius 1 is 0.900 bits per heavy atom. The number of nitrogens with zero attached hydrogens (tertiary/aromatic N) is 2. The number of carbonyl (C=O) groups is 2. The zero-order chi connectivity index (χ0) is 21.3. The summed E-state index contributed by atoms with van der Waals surface area (Å²) in [4.78, 5) is 32.7. The number of piperidine rings is 1. The van der Waals surface area contributed by atoms with E-state index in [2.05, 4.69) is 4.98 Å². The van der Waals surface area contributed by atoms with E-state index >= 15 is 0 Å². The second-order valence-corrected chi connectivity index (χ2v) is 9.02. The van der Waals surface area contributed by atoms with Crippen LogP contribution in [0.1, 0.15) is 23.6 Å². The zero-order valence-electron chi connectivity index (χ0n) is 16.4. The van der Waals surface area contributed by atoms with Crippen LogP contribution in [-0.2, 0) is 15.0 Å². The van der Waals surface area contributed by atoms with Gasteiger partial charge in [-0.05, 0) is 55.3 Å². The Bertz CT molecular complexity index is 1180. The Kier molecular flexibility index (Phi) is 4.12. The second kappa shape index (κ2) is 6.40. The molecule has 1 saturated heterocycles. The number of benzene rings is 2. The fourth-order valence-corrected chi connectivity index (χ4v) is 5.76. The predicted molar refractivity (Wildman–Crippen MR) is 117 cm³/mol. The number of aromatic nitrogens is 1. The van der Waals surface area contributed by atoms with Gasteiger partial charge in [0.15, 0.2) is 0 Å². The molecule has 30 heavy (non-hydrogen) atoms. The van der Waals surface area contributed by atoms with Gasteiger partial charge in [0.2, 0.25) is 11.8 Å². The number of fused-ring (bicyclic) bond motifs is 1. The van der Waals surface area contributed by atoms with Gasteiger partial charge >= 0.3 is 0 Å². The number of hydrogen-bond donors (Lipinski definition) is 0. The monoisotopic (exact) mass is 436 g/mol. The average Bonchev–Trinajstić information content (AvgIpc) is 3.23. The van der Waals surface area contributed by atoms with Crippen molar-refractivity contribution in [3.63, 3.8) is 0 Å². The fourth-order valence-electron chi connectivity index (χ4n) is 5.25. The molecule has 2 aromatic carbocycles. The van der Waals surface area contributed by atoms with Gasteiger partial charge in [-0.25, -0.2) is 4.90 Å². The lowest BCUT2D eigenvalue weighted by Crippen LogP contribution is -2.42. The van der Waals surface area contributed by atoms with Crippen molar-refractivity contribution in [1.29, 1.82) is 0 Å². The maximum atomic E-state index is 13.7. The molecule has 150 valence electrons. The van der Waals surface area contributed by atoms with Crippen LogP contribution in [0.4, 0.5) is 5.69 Å². The molecule has 2 heterocycles. The van der Waals surface area contributed by atoms with E-state index in [4.69, 9.17) is 23.2 Å². The molecule has 5 rings (SSSR count). The van der Waals surface area contributed by atoms with E-state index in [1.807, 2.05) is 50.2 Å². The third kappa shape index (κ3) is 2.32. The Morgan fingerprint density at radius 3 is 2.00 bits per heavy atom. The number of hydrogen-bond acceptors (Lipinski definition) is 3. The minimum atomic E-state index is -0.907. The first-order valence-electron chi connectivity index (χ1n) is 9.64. The van der Waals surface area contributed by atoms with Gasteiger partial charge in [0.05, 0.1) is 17.0 Å². The molecule has 1 aliphatic carbocycles. The van der Waals surface area contributed by atoms with Crippen molar-refractivity contribution in [3.8, 4) is 0 Å². The number of aryl methyl sites for hydroxylation is 1. The van der Waals surface area contributed by atoms with E-state index in [0.717, 1.165) is 16.7 Å². The van der Waals surface area contributed by atoms with Crippen molar-refractivity contribution in [1.82, 2.24) is 4.98 Å². The summed E-state index contributed by atoms with van der Waals surface area (Å²) in [5.74, 6) is -0.994. The molecule has 0 N–H and O–H groups in total. The molecule has 3 atom stereocenters. The highest BCUT2D eigenvalue weighted by molar-refractivity contribution is 6.36. The van der Waals surface area contributed by atoms with E-state index in [1.54, 1.807) is 30.6 Å². The van der Waals surface area contributed by atoms with Crippen molar-refractivity contribution in [2.75, 3.05) is 4.90 Å². The van der Waals surface area contributed by atoms with Gasteiger partial charge in [-0.2, -0.15) is 0 Å². The highest BCUT2D eigenvalue weighted by Gasteiger charge is 2.86. The molecule has 0 radical (unpaired) electrons. The summed E-state index contributed by atoms with van der Waals surface area (Å²) in [6.45, 7) is 3.89. The fraction of sp³-hybridized carbons (Fsp3) is 0.208. The summed E-state index contributed by atoms with van der Waals surface area (Å²) < 4.78 is 0. The third-order valence-corrected chi connectivity index (χ3v) is 7.05. The molecule has 2 fully saturated rings. The van der Waals surface area contributed by atoms with Crippen LogP contribution < -0.4 is 4.90 Å². The van der Waals surface area contributed by atoms with Crippen LogP contribution >= 0.6 is 23.2 Å². The summed E-state index contributed by atoms with van der Waals surface area (Å²) in [5.41, 5.74) is 1.76. The number of pyridine rings is 1. The highest BCUT2D eigenvalue weighted by atomic mass is 35.5. The first-order chi connectivity index (χ1) is 14.3. The molecule has 1 aliphatic heterocycles. The Labute approximate surface area is 184 Å². The van der Waals surface area contributed by atoms with Crippen molar-refractivity contribution in [2.24, 2.45) is 11.3 Å². The summed E-state index contributed by atoms with van der Waals surface area (Å²) in [5, 5.41) is 0.755. The van der Waals surface area contributed by atoms with Crippen molar-refractivity contribution in [3.05, 3.63) is 93.7 Å². The third-order valence-electron chi connectivity index (χ3n) is 6.61. The largest absolute Gasteiger partial charge is 0.274 e. The molecule has 6 heteroatoms. The smallest absolute Gasteiger partial charge is 0.241 e. The van der Waals surface area contributed by atoms with Gasteiger partial charge in [-0.1, -0.05) is 53.0 Å². The Hall–Kier alpha value is -2.69. The van der Waals surface area contributed by atoms with Crippen molar-refractivity contribution >= 4 is 40.7 Å². The quantitative estimate of drug-likeness (QED) is 0.530. The first kappa shape index (κ1) is 19.3. The molecule has 1 aromatic heterocycles. The van der Waals surface area contributed by atoms with Gasteiger partial charge in [0.25, 0.3) is 0 Å². The number of carbonyl (C=O) groups excluding carboxylic acids is 2. The molecule has 4 nitrogen and oxygen atoms in total. The van der Waals surface area contributed by atoms with Crippen molar-refractivity contribution in [2.45, 2.75) is 19.3 Å². The number of halogens is 2. The maximum absolute atomic E-state index is 13.7. The average molecular weight is 437 g/mol. The van der Waals surface area contributed by atoms with E-state index < -0.39 is 16.7 Å². The first-order valence-corrected chi connectivity index (χ1v) is 10.4. The van der Waals surface area contributed by atoms with Crippen LogP contribution in [0, 0.1) is 18.3 Å². The van der Waals surface area contributed by atoms with Gasteiger partial charge in [-0.15, -0.1) is 0 Å². The van der Waals surface area contributed by atoms with E-state index in [9.17, 15) is 9.59 Å². The summed E-state index contributed by atoms with van der Waals surface area (Å²) in [6, 6.07) is 16.6. The standard InChI is InChI=1S/C24H18Cl2N2O2/c1-14-3-5-15(6-4-14)24(16-7-9-27-10-8-16)20-21(29)28(22(30)23(20,24)2)19-12-17(25)11-18(26)13-19/h3-13,20H,1-2H3/t20-,23-,24-/m1/s1. The minimum absolute atomic E-state index is 0.238. The number of anilines is 1. The lowest BCUT2D eigenvalue weighted by Gasteiger charge is -2.29. The van der Waals surface area contributed by atoms with E-state index in [1.165, 1.54) is 4.90 Å². The number of amides is 2. The number of rotatable bonds is 3. The molecule has 0 bridgehead atoms. The molecule has 3 aromatic rings. The van der Waals surface area contributed by atoms with Gasteiger partial charge in [0.1, 0.15) is 0 Å². The number of imide groups is 1. The normalized spacial score (nSPS) is 27.3. The predicted octanol–water partition coefficient (Wildman–Crippen LogP) is 5.19. The zero-order valence-corrected chi connectivity index (χ0v) is 17.9. The Morgan fingerprint density at radius 2 is 1.47 bits per heavy atom. The molecule has 1 saturated carbocycles. The van der Waals surface area contributed by atoms with Crippen LogP contribution in [0.2, 0.25) is 10.0 Å². The van der Waals surface area contributed by atoms with Gasteiger partial charge < -0.3 is 0 Å². The summed E-state index contributed by atoms with van der Waals surface area (Å²) >= 11 is 12.3. The summed E-state index contributed by atoms with van der Waals surface area (Å²) in [7, 11) is 0. The van der Waals surface area contributed by atoms with Crippen LogP contribution in [0.25, 0.3) is 0 Å². The van der Waals surface area contributed by atoms with E-state index in [0.29, 0.717) is 15.7 Å². The second-order valence-electron chi connectivity index (χ2n) is 8.15. The molecular weight excluding hydrogens is 419 g/mol. The van der Waals surface area contributed by atoms with E-state index in [-0.39, 0.29) is 11.8 Å². The molecule has 0 spiro atoms. The molecule has 0 unspecified atom stereocenters. The van der Waals surface area contributed by atoms with Crippen LogP contribution in [0.3, 0.4) is 0 Å². The lowest BCUT2D eigenvalue weighted by molar-refractivity contribution is -0.125. The summed E-state index contributed by atoms with van der Waals surface area (Å²) in [6.07, 6.45) is 3.40. The molecule has 2 amide bonds. The van der Waals surface area contributed by atoms with Gasteiger partial charge in [-0.3, -0.25) is 14.6 Å². The van der Waals surface area contributed by atoms with Crippen LogP contribution in [0.5, 0.6) is 0 Å². The minimum Gasteiger partial charge on any atom is -0.274 e.